The molecule has 0 saturated carbocycles. The number of hydrogen-bond donors (Lipinski definition) is 1. The Kier molecular flexibility index (Phi) is 5.03. The maximum absolute atomic E-state index is 13.0. The molecule has 2 aliphatic heterocycles. The number of rotatable bonds is 3. The average molecular weight is 380 g/mol. The van der Waals surface area contributed by atoms with Crippen LogP contribution >= 0.6 is 0 Å². The monoisotopic (exact) mass is 380 g/mol. The maximum Gasteiger partial charge on any atom is 0.322 e. The molecular formula is C22H28N4O2. The highest BCUT2D eigenvalue weighted by Crippen LogP contribution is 2.36. The number of benzene rings is 2. The first-order valence-corrected chi connectivity index (χ1v) is 9.86. The summed E-state index contributed by atoms with van der Waals surface area (Å²) in [4.78, 5) is 19.2. The normalized spacial score (nSPS) is 18.5. The number of nitrogens with one attached hydrogen (secondary N) is 1. The van der Waals surface area contributed by atoms with E-state index in [4.69, 9.17) is 4.74 Å². The van der Waals surface area contributed by atoms with E-state index in [1.807, 2.05) is 44.2 Å². The van der Waals surface area contributed by atoms with Crippen molar-refractivity contribution in [3.63, 3.8) is 0 Å². The van der Waals surface area contributed by atoms with E-state index in [-0.39, 0.29) is 12.1 Å². The van der Waals surface area contributed by atoms with Crippen LogP contribution < -0.4 is 19.9 Å². The van der Waals surface area contributed by atoms with Gasteiger partial charge in [0.15, 0.2) is 0 Å². The van der Waals surface area contributed by atoms with Gasteiger partial charge in [-0.05, 0) is 48.7 Å². The Bertz CT molecular complexity index is 867. The van der Waals surface area contributed by atoms with E-state index < -0.39 is 0 Å². The number of likely N-dealkylation sites (tertiary alicyclic amines) is 1. The molecule has 0 aliphatic carbocycles. The molecule has 0 unspecified atom stereocenters. The van der Waals surface area contributed by atoms with Crippen LogP contribution in [-0.2, 0) is 0 Å². The minimum absolute atomic E-state index is 0.0444. The maximum atomic E-state index is 13.0. The van der Waals surface area contributed by atoms with Crippen molar-refractivity contribution in [1.82, 2.24) is 4.90 Å². The van der Waals surface area contributed by atoms with Gasteiger partial charge in [-0.2, -0.15) is 0 Å². The Morgan fingerprint density at radius 1 is 1.18 bits per heavy atom. The fraction of sp³-hybridized carbons (Fsp3) is 0.409. The Labute approximate surface area is 166 Å². The van der Waals surface area contributed by atoms with Crippen LogP contribution in [0.1, 0.15) is 24.4 Å². The second kappa shape index (κ2) is 7.62. The quantitative estimate of drug-likeness (QED) is 0.876. The Morgan fingerprint density at radius 2 is 2.04 bits per heavy atom. The number of carbonyl (C=O) groups is 1. The molecule has 2 aromatic carbocycles. The summed E-state index contributed by atoms with van der Waals surface area (Å²) >= 11 is 0. The van der Waals surface area contributed by atoms with Crippen LogP contribution in [0, 0.1) is 0 Å². The van der Waals surface area contributed by atoms with Gasteiger partial charge in [0.25, 0.3) is 0 Å². The average Bonchev–Trinajstić information content (AvgIpc) is 3.19. The molecule has 1 atom stereocenters. The molecular weight excluding hydrogens is 352 g/mol. The van der Waals surface area contributed by atoms with Crippen molar-refractivity contribution < 1.29 is 9.53 Å². The lowest BCUT2D eigenvalue weighted by atomic mass is 10.0. The SMILES string of the molecule is CN(C)c1cccc([C@@H]2CCCN2C(=O)Nc2ccc3c(c2)N(C)CCO3)c1. The van der Waals surface area contributed by atoms with E-state index in [0.29, 0.717) is 6.61 Å². The molecule has 2 heterocycles. The number of amides is 2. The highest BCUT2D eigenvalue weighted by molar-refractivity contribution is 5.91. The van der Waals surface area contributed by atoms with E-state index in [9.17, 15) is 4.79 Å². The number of ether oxygens (including phenoxy) is 1. The summed E-state index contributed by atoms with van der Waals surface area (Å²) in [5, 5.41) is 3.09. The minimum Gasteiger partial charge on any atom is -0.490 e. The van der Waals surface area contributed by atoms with Gasteiger partial charge in [-0.15, -0.1) is 0 Å². The Balaban J connectivity index is 1.51. The highest BCUT2D eigenvalue weighted by Gasteiger charge is 2.30. The standard InChI is InChI=1S/C22H28N4O2/c1-24(2)18-7-4-6-16(14-18)19-8-5-11-26(19)22(27)23-17-9-10-21-20(15-17)25(3)12-13-28-21/h4,6-7,9-10,14-15,19H,5,8,11-13H2,1-3H3,(H,23,27)/t19-/m0/s1. The molecule has 6 nitrogen and oxygen atoms in total. The van der Waals surface area contributed by atoms with Gasteiger partial charge in [-0.1, -0.05) is 12.1 Å². The minimum atomic E-state index is -0.0444. The number of hydrogen-bond acceptors (Lipinski definition) is 4. The Morgan fingerprint density at radius 3 is 2.86 bits per heavy atom. The van der Waals surface area contributed by atoms with Gasteiger partial charge >= 0.3 is 6.03 Å². The molecule has 0 bridgehead atoms. The lowest BCUT2D eigenvalue weighted by Crippen LogP contribution is -2.34. The summed E-state index contributed by atoms with van der Waals surface area (Å²) in [6.45, 7) is 2.31. The van der Waals surface area contributed by atoms with Crippen LogP contribution in [0.4, 0.5) is 21.9 Å². The molecule has 1 N–H and O–H groups in total. The summed E-state index contributed by atoms with van der Waals surface area (Å²) < 4.78 is 5.69. The molecule has 148 valence electrons. The molecule has 2 aliphatic rings. The molecule has 28 heavy (non-hydrogen) atoms. The molecule has 4 rings (SSSR count). The van der Waals surface area contributed by atoms with Crippen LogP contribution in [0.3, 0.4) is 0 Å². The van der Waals surface area contributed by atoms with Crippen molar-refractivity contribution in [3.8, 4) is 5.75 Å². The first-order valence-electron chi connectivity index (χ1n) is 9.86. The summed E-state index contributed by atoms with van der Waals surface area (Å²) in [6.07, 6.45) is 2.01. The lowest BCUT2D eigenvalue weighted by molar-refractivity contribution is 0.207. The molecule has 0 aromatic heterocycles. The molecule has 2 aromatic rings. The summed E-state index contributed by atoms with van der Waals surface area (Å²) in [6, 6.07) is 14.4. The molecule has 0 radical (unpaired) electrons. The predicted octanol–water partition coefficient (Wildman–Crippen LogP) is 3.95. The zero-order valence-corrected chi connectivity index (χ0v) is 16.8. The topological polar surface area (TPSA) is 48.0 Å². The van der Waals surface area contributed by atoms with Crippen LogP contribution in [0.15, 0.2) is 42.5 Å². The van der Waals surface area contributed by atoms with Crippen LogP contribution in [0.2, 0.25) is 0 Å². The van der Waals surface area contributed by atoms with E-state index in [1.54, 1.807) is 0 Å². The summed E-state index contributed by atoms with van der Waals surface area (Å²) in [5.74, 6) is 0.867. The van der Waals surface area contributed by atoms with Gasteiger partial charge in [0.05, 0.1) is 18.3 Å². The van der Waals surface area contributed by atoms with Crippen molar-refractivity contribution in [2.75, 3.05) is 56.0 Å². The number of likely N-dealkylation sites (N-methyl/N-ethyl adjacent to an activating group) is 1. The second-order valence-electron chi connectivity index (χ2n) is 7.72. The third-order valence-corrected chi connectivity index (χ3v) is 5.59. The number of fused-ring (bicyclic) bond motifs is 1. The number of nitrogens with zero attached hydrogens (tertiary/aromatic N) is 3. The molecule has 0 spiro atoms. The lowest BCUT2D eigenvalue weighted by Gasteiger charge is -2.29. The van der Waals surface area contributed by atoms with Crippen LogP contribution in [0.25, 0.3) is 0 Å². The first-order chi connectivity index (χ1) is 13.5. The van der Waals surface area contributed by atoms with Gasteiger partial charge in [-0.25, -0.2) is 4.79 Å². The van der Waals surface area contributed by atoms with E-state index >= 15 is 0 Å². The molecule has 1 saturated heterocycles. The summed E-state index contributed by atoms with van der Waals surface area (Å²) in [5.41, 5.74) is 4.16. The smallest absolute Gasteiger partial charge is 0.322 e. The van der Waals surface area contributed by atoms with E-state index in [0.717, 1.165) is 48.7 Å². The fourth-order valence-corrected chi connectivity index (χ4v) is 3.99. The predicted molar refractivity (Wildman–Crippen MR) is 114 cm³/mol. The van der Waals surface area contributed by atoms with Gasteiger partial charge in [0.2, 0.25) is 0 Å². The summed E-state index contributed by atoms with van der Waals surface area (Å²) in [7, 11) is 6.12. The van der Waals surface area contributed by atoms with Gasteiger partial charge in [-0.3, -0.25) is 0 Å². The van der Waals surface area contributed by atoms with Crippen LogP contribution in [0.5, 0.6) is 5.75 Å². The van der Waals surface area contributed by atoms with Gasteiger partial charge in [0.1, 0.15) is 12.4 Å². The van der Waals surface area contributed by atoms with Crippen molar-refractivity contribution in [3.05, 3.63) is 48.0 Å². The largest absolute Gasteiger partial charge is 0.490 e. The Hall–Kier alpha value is -2.89. The van der Waals surface area contributed by atoms with Gasteiger partial charge in [0, 0.05) is 39.1 Å². The van der Waals surface area contributed by atoms with Crippen molar-refractivity contribution in [2.24, 2.45) is 0 Å². The number of anilines is 3. The van der Waals surface area contributed by atoms with Crippen molar-refractivity contribution in [2.45, 2.75) is 18.9 Å². The third kappa shape index (κ3) is 3.59. The number of carbonyl (C=O) groups excluding carboxylic acids is 1. The molecule has 6 heteroatoms. The third-order valence-electron chi connectivity index (χ3n) is 5.59. The zero-order chi connectivity index (χ0) is 19.7. The second-order valence-corrected chi connectivity index (χ2v) is 7.72. The number of urea groups is 1. The molecule has 1 fully saturated rings. The molecule has 2 amide bonds. The van der Waals surface area contributed by atoms with E-state index in [2.05, 4.69) is 39.4 Å². The van der Waals surface area contributed by atoms with Gasteiger partial charge < -0.3 is 24.8 Å². The fourth-order valence-electron chi connectivity index (χ4n) is 3.99. The van der Waals surface area contributed by atoms with Crippen LogP contribution in [-0.4, -0.2) is 51.8 Å². The van der Waals surface area contributed by atoms with Crippen molar-refractivity contribution in [1.29, 1.82) is 0 Å². The highest BCUT2D eigenvalue weighted by atomic mass is 16.5. The van der Waals surface area contributed by atoms with Crippen molar-refractivity contribution >= 4 is 23.1 Å². The van der Waals surface area contributed by atoms with E-state index in [1.165, 1.54) is 5.56 Å². The zero-order valence-electron chi connectivity index (χ0n) is 16.8. The first kappa shape index (κ1) is 18.5.